The number of esters is 1. The Morgan fingerprint density at radius 2 is 1.96 bits per heavy atom. The molecule has 2 N–H and O–H groups in total. The second-order valence-electron chi connectivity index (χ2n) is 4.85. The first-order chi connectivity index (χ1) is 11.0. The zero-order chi connectivity index (χ0) is 18.7. The molecule has 1 heterocycles. The van der Waals surface area contributed by atoms with Crippen molar-refractivity contribution in [3.63, 3.8) is 0 Å². The number of amides is 1. The third-order valence-corrected chi connectivity index (χ3v) is 4.32. The lowest BCUT2D eigenvalue weighted by Crippen LogP contribution is -2.69. The summed E-state index contributed by atoms with van der Waals surface area (Å²) in [5, 5.41) is 12.7. The molecule has 1 aromatic heterocycles. The molecule has 0 bridgehead atoms. The highest BCUT2D eigenvalue weighted by Crippen LogP contribution is 2.39. The Morgan fingerprint density at radius 1 is 1.38 bits per heavy atom. The number of carbonyl (C=O) groups is 2. The van der Waals surface area contributed by atoms with Crippen molar-refractivity contribution in [1.29, 1.82) is 5.26 Å². The molecular formula is C14H16F3N3O3S. The molecule has 0 saturated heterocycles. The molecule has 132 valence electrons. The summed E-state index contributed by atoms with van der Waals surface area (Å²) in [6.45, 7) is 4.25. The van der Waals surface area contributed by atoms with Gasteiger partial charge < -0.3 is 15.4 Å². The van der Waals surface area contributed by atoms with Gasteiger partial charge in [-0.25, -0.2) is 4.79 Å². The van der Waals surface area contributed by atoms with Crippen LogP contribution < -0.4 is 10.6 Å². The van der Waals surface area contributed by atoms with E-state index in [9.17, 15) is 28.0 Å². The number of aryl methyl sites for hydroxylation is 1. The van der Waals surface area contributed by atoms with E-state index in [1.165, 1.54) is 0 Å². The van der Waals surface area contributed by atoms with Gasteiger partial charge in [0.25, 0.3) is 0 Å². The number of nitriles is 1. The molecular weight excluding hydrogens is 347 g/mol. The molecule has 0 aliphatic rings. The van der Waals surface area contributed by atoms with Crippen molar-refractivity contribution < 1.29 is 27.5 Å². The summed E-state index contributed by atoms with van der Waals surface area (Å²) in [5.41, 5.74) is -2.90. The predicted molar refractivity (Wildman–Crippen MR) is 81.4 cm³/mol. The third-order valence-electron chi connectivity index (χ3n) is 3.26. The van der Waals surface area contributed by atoms with Gasteiger partial charge in [0.05, 0.1) is 12.7 Å². The van der Waals surface area contributed by atoms with Crippen LogP contribution in [0.2, 0.25) is 0 Å². The van der Waals surface area contributed by atoms with Crippen molar-refractivity contribution in [2.24, 2.45) is 0 Å². The predicted octanol–water partition coefficient (Wildman–Crippen LogP) is 2.47. The lowest BCUT2D eigenvalue weighted by Gasteiger charge is -2.34. The van der Waals surface area contributed by atoms with Gasteiger partial charge in [0.15, 0.2) is 0 Å². The summed E-state index contributed by atoms with van der Waals surface area (Å²) in [6.07, 6.45) is -4.77. The second-order valence-corrected chi connectivity index (χ2v) is 6.08. The highest BCUT2D eigenvalue weighted by Gasteiger charge is 2.63. The summed E-state index contributed by atoms with van der Waals surface area (Å²) >= 11 is 0.895. The lowest BCUT2D eigenvalue weighted by atomic mass is 10.1. The first kappa shape index (κ1) is 19.8. The number of hydrogen-bond acceptors (Lipinski definition) is 6. The number of thiophene rings is 1. The van der Waals surface area contributed by atoms with E-state index in [1.54, 1.807) is 19.2 Å². The monoisotopic (exact) mass is 363 g/mol. The minimum absolute atomic E-state index is 0.00267. The highest BCUT2D eigenvalue weighted by atomic mass is 32.1. The van der Waals surface area contributed by atoms with Crippen molar-refractivity contribution in [2.45, 2.75) is 39.0 Å². The van der Waals surface area contributed by atoms with E-state index < -0.39 is 23.7 Å². The largest absolute Gasteiger partial charge is 0.466 e. The van der Waals surface area contributed by atoms with Crippen molar-refractivity contribution in [1.82, 2.24) is 5.32 Å². The summed E-state index contributed by atoms with van der Waals surface area (Å²) in [6, 6.07) is 1.84. The zero-order valence-electron chi connectivity index (χ0n) is 13.4. The average Bonchev–Trinajstić information content (AvgIpc) is 2.78. The topological polar surface area (TPSA) is 91.2 Å². The normalized spacial score (nSPS) is 13.6. The number of ether oxygens (including phenoxy) is 1. The van der Waals surface area contributed by atoms with Crippen LogP contribution in [0, 0.1) is 18.3 Å². The Balaban J connectivity index is 3.56. The number of carbonyl (C=O) groups excluding carboxylic acids is 2. The van der Waals surface area contributed by atoms with Crippen molar-refractivity contribution in [3.8, 4) is 6.07 Å². The number of nitrogens with one attached hydrogen (secondary N) is 2. The Labute approximate surface area is 140 Å². The van der Waals surface area contributed by atoms with E-state index in [0.29, 0.717) is 16.9 Å². The summed E-state index contributed by atoms with van der Waals surface area (Å²) in [5.74, 6) is -2.83. The summed E-state index contributed by atoms with van der Waals surface area (Å²) in [4.78, 5) is 23.8. The molecule has 1 aromatic rings. The van der Waals surface area contributed by atoms with Crippen LogP contribution in [0.1, 0.15) is 29.9 Å². The number of methoxy groups -OCH3 is 1. The standard InChI is InChI=1S/C14H16F3N3O3S/c1-5-9-7(2)24-11(10(9)6-18)20-13(12(22)23-4,14(15,16)17)19-8(3)21/h20H,5H2,1-4H3,(H,19,21)/t13-/m1/s1. The van der Waals surface area contributed by atoms with E-state index >= 15 is 0 Å². The molecule has 0 radical (unpaired) electrons. The smallest absolute Gasteiger partial charge is 0.441 e. The number of hydrogen-bond donors (Lipinski definition) is 2. The molecule has 0 aliphatic carbocycles. The molecule has 0 aromatic carbocycles. The number of anilines is 1. The van der Waals surface area contributed by atoms with Crippen LogP contribution in [0.5, 0.6) is 0 Å². The first-order valence-corrected chi connectivity index (χ1v) is 7.60. The summed E-state index contributed by atoms with van der Waals surface area (Å²) < 4.78 is 45.1. The van der Waals surface area contributed by atoms with Crippen LogP contribution in [0.25, 0.3) is 0 Å². The maximum absolute atomic E-state index is 13.6. The van der Waals surface area contributed by atoms with Crippen LogP contribution in [0.4, 0.5) is 18.2 Å². The van der Waals surface area contributed by atoms with E-state index in [4.69, 9.17) is 0 Å². The van der Waals surface area contributed by atoms with Gasteiger partial charge in [0.2, 0.25) is 5.91 Å². The fraction of sp³-hybridized carbons (Fsp3) is 0.500. The molecule has 0 unspecified atom stereocenters. The molecule has 1 rings (SSSR count). The molecule has 1 atom stereocenters. The highest BCUT2D eigenvalue weighted by molar-refractivity contribution is 7.16. The fourth-order valence-electron chi connectivity index (χ4n) is 2.19. The molecule has 0 fully saturated rings. The quantitative estimate of drug-likeness (QED) is 0.619. The van der Waals surface area contributed by atoms with Gasteiger partial charge in [-0.05, 0) is 18.9 Å². The SMILES string of the molecule is CCc1c(C)sc(N[C@](NC(C)=O)(C(=O)OC)C(F)(F)F)c1C#N. The number of rotatable bonds is 5. The van der Waals surface area contributed by atoms with Gasteiger partial charge >= 0.3 is 17.8 Å². The maximum Gasteiger partial charge on any atom is 0.441 e. The lowest BCUT2D eigenvalue weighted by molar-refractivity contribution is -0.206. The van der Waals surface area contributed by atoms with Gasteiger partial charge in [0.1, 0.15) is 11.1 Å². The second kappa shape index (κ2) is 7.09. The maximum atomic E-state index is 13.6. The Kier molecular flexibility index (Phi) is 5.84. The van der Waals surface area contributed by atoms with E-state index in [-0.39, 0.29) is 10.6 Å². The van der Waals surface area contributed by atoms with Gasteiger partial charge in [-0.15, -0.1) is 11.3 Å². The van der Waals surface area contributed by atoms with Gasteiger partial charge in [-0.3, -0.25) is 4.79 Å². The molecule has 0 spiro atoms. The molecule has 24 heavy (non-hydrogen) atoms. The van der Waals surface area contributed by atoms with Crippen LogP contribution in [-0.4, -0.2) is 30.8 Å². The molecule has 0 saturated carbocycles. The van der Waals surface area contributed by atoms with E-state index in [1.807, 2.05) is 11.4 Å². The fourth-order valence-corrected chi connectivity index (χ4v) is 3.34. The van der Waals surface area contributed by atoms with Crippen LogP contribution in [-0.2, 0) is 20.7 Å². The minimum atomic E-state index is -5.21. The Morgan fingerprint density at radius 3 is 2.33 bits per heavy atom. The minimum Gasteiger partial charge on any atom is -0.466 e. The average molecular weight is 363 g/mol. The Hall–Kier alpha value is -2.28. The van der Waals surface area contributed by atoms with Crippen LogP contribution >= 0.6 is 11.3 Å². The number of nitrogens with zero attached hydrogens (tertiary/aromatic N) is 1. The Bertz CT molecular complexity index is 694. The van der Waals surface area contributed by atoms with Crippen molar-refractivity contribution >= 4 is 28.2 Å². The van der Waals surface area contributed by atoms with Crippen molar-refractivity contribution in [3.05, 3.63) is 16.0 Å². The summed E-state index contributed by atoms with van der Waals surface area (Å²) in [7, 11) is 0.772. The number of halogens is 3. The van der Waals surface area contributed by atoms with E-state index in [2.05, 4.69) is 4.74 Å². The third kappa shape index (κ3) is 3.46. The molecule has 10 heteroatoms. The zero-order valence-corrected chi connectivity index (χ0v) is 14.2. The van der Waals surface area contributed by atoms with Crippen LogP contribution in [0.3, 0.4) is 0 Å². The van der Waals surface area contributed by atoms with E-state index in [0.717, 1.165) is 25.4 Å². The van der Waals surface area contributed by atoms with Crippen molar-refractivity contribution in [2.75, 3.05) is 12.4 Å². The molecule has 0 aliphatic heterocycles. The number of alkyl halides is 3. The molecule has 1 amide bonds. The van der Waals surface area contributed by atoms with Gasteiger partial charge in [-0.2, -0.15) is 18.4 Å². The first-order valence-electron chi connectivity index (χ1n) is 6.78. The molecule has 6 nitrogen and oxygen atoms in total. The van der Waals surface area contributed by atoms with Gasteiger partial charge in [-0.1, -0.05) is 6.92 Å². The van der Waals surface area contributed by atoms with Gasteiger partial charge in [0, 0.05) is 11.8 Å². The van der Waals surface area contributed by atoms with Crippen LogP contribution in [0.15, 0.2) is 0 Å².